The summed E-state index contributed by atoms with van der Waals surface area (Å²) in [5, 5.41) is 12.0. The van der Waals surface area contributed by atoms with E-state index in [0.29, 0.717) is 13.1 Å². The van der Waals surface area contributed by atoms with Crippen molar-refractivity contribution in [1.82, 2.24) is 4.90 Å². The first-order chi connectivity index (χ1) is 10.5. The molecular formula is C15H18BrN3O3. The molecule has 0 spiro atoms. The molecule has 0 radical (unpaired) electrons. The van der Waals surface area contributed by atoms with Gasteiger partial charge in [0.1, 0.15) is 6.04 Å². The highest BCUT2D eigenvalue weighted by Crippen LogP contribution is 2.37. The maximum absolute atomic E-state index is 12.2. The predicted octanol–water partition coefficient (Wildman–Crippen LogP) is 2.74. The number of likely N-dealkylation sites (tertiary alicyclic amines) is 1. The normalized spacial score (nSPS) is 22.3. The zero-order valence-electron chi connectivity index (χ0n) is 12.3. The van der Waals surface area contributed by atoms with E-state index in [0.717, 1.165) is 28.7 Å². The smallest absolute Gasteiger partial charge is 0.407 e. The van der Waals surface area contributed by atoms with Gasteiger partial charge in [-0.1, -0.05) is 15.9 Å². The molecule has 7 heteroatoms. The van der Waals surface area contributed by atoms with Crippen LogP contribution in [0.5, 0.6) is 0 Å². The van der Waals surface area contributed by atoms with Crippen molar-refractivity contribution in [2.45, 2.75) is 31.8 Å². The topological polar surface area (TPSA) is 72.9 Å². The number of hydrogen-bond donors (Lipinski definition) is 2. The number of anilines is 2. The van der Waals surface area contributed by atoms with E-state index in [2.05, 4.69) is 26.1 Å². The van der Waals surface area contributed by atoms with E-state index in [4.69, 9.17) is 5.11 Å². The molecular weight excluding hydrogens is 350 g/mol. The Morgan fingerprint density at radius 2 is 2.05 bits per heavy atom. The summed E-state index contributed by atoms with van der Waals surface area (Å²) in [6.45, 7) is 2.91. The van der Waals surface area contributed by atoms with Crippen molar-refractivity contribution >= 4 is 39.3 Å². The molecule has 0 bridgehead atoms. The molecule has 1 saturated heterocycles. The number of nitrogens with one attached hydrogen (secondary N) is 1. The minimum Gasteiger partial charge on any atom is -0.465 e. The molecule has 1 fully saturated rings. The van der Waals surface area contributed by atoms with Crippen molar-refractivity contribution in [1.29, 1.82) is 0 Å². The van der Waals surface area contributed by atoms with E-state index in [-0.39, 0.29) is 18.0 Å². The standard InChI is InChI=1S/C15H18BrN3O3/c1-9-14(20)17-12-3-2-10(16)8-13(12)19(9)11-4-6-18(7-5-11)15(21)22/h2-3,8-9,11H,4-7H2,1H3,(H,17,20)(H,21,22)/t9-/m1/s1. The summed E-state index contributed by atoms with van der Waals surface area (Å²) in [6, 6.07) is 5.71. The van der Waals surface area contributed by atoms with Crippen molar-refractivity contribution in [2.24, 2.45) is 0 Å². The van der Waals surface area contributed by atoms with Crippen molar-refractivity contribution in [3.8, 4) is 0 Å². The maximum atomic E-state index is 12.2. The molecule has 118 valence electrons. The number of nitrogens with zero attached hydrogens (tertiary/aromatic N) is 2. The third kappa shape index (κ3) is 2.65. The van der Waals surface area contributed by atoms with E-state index in [1.54, 1.807) is 0 Å². The fourth-order valence-corrected chi connectivity index (χ4v) is 3.59. The summed E-state index contributed by atoms with van der Waals surface area (Å²) >= 11 is 3.48. The van der Waals surface area contributed by atoms with Crippen LogP contribution in [0.4, 0.5) is 16.2 Å². The molecule has 0 saturated carbocycles. The second-order valence-electron chi connectivity index (χ2n) is 5.73. The number of rotatable bonds is 1. The van der Waals surface area contributed by atoms with Gasteiger partial charge in [-0.3, -0.25) is 4.79 Å². The van der Waals surface area contributed by atoms with Gasteiger partial charge in [0.2, 0.25) is 5.91 Å². The zero-order chi connectivity index (χ0) is 15.9. The van der Waals surface area contributed by atoms with E-state index < -0.39 is 6.09 Å². The number of carbonyl (C=O) groups excluding carboxylic acids is 1. The van der Waals surface area contributed by atoms with Gasteiger partial charge in [0.15, 0.2) is 0 Å². The van der Waals surface area contributed by atoms with Crippen molar-refractivity contribution in [3.05, 3.63) is 22.7 Å². The Kier molecular flexibility index (Phi) is 3.99. The van der Waals surface area contributed by atoms with E-state index in [9.17, 15) is 9.59 Å². The summed E-state index contributed by atoms with van der Waals surface area (Å²) < 4.78 is 0.961. The first-order valence-electron chi connectivity index (χ1n) is 7.34. The molecule has 2 amide bonds. The van der Waals surface area contributed by atoms with Crippen LogP contribution in [0.25, 0.3) is 0 Å². The Balaban J connectivity index is 1.88. The monoisotopic (exact) mass is 367 g/mol. The summed E-state index contributed by atoms with van der Waals surface area (Å²) in [5.74, 6) is -0.0181. The van der Waals surface area contributed by atoms with Crippen LogP contribution >= 0.6 is 15.9 Å². The SMILES string of the molecule is C[C@@H]1C(=O)Nc2ccc(Br)cc2N1C1CCN(C(=O)O)CC1. The van der Waals surface area contributed by atoms with Gasteiger partial charge in [-0.25, -0.2) is 4.79 Å². The summed E-state index contributed by atoms with van der Waals surface area (Å²) in [6.07, 6.45) is 0.595. The average molecular weight is 368 g/mol. The second-order valence-corrected chi connectivity index (χ2v) is 6.65. The summed E-state index contributed by atoms with van der Waals surface area (Å²) in [7, 11) is 0. The third-order valence-corrected chi connectivity index (χ3v) is 4.91. The van der Waals surface area contributed by atoms with E-state index in [1.165, 1.54) is 4.90 Å². The van der Waals surface area contributed by atoms with Gasteiger partial charge in [0, 0.05) is 23.6 Å². The lowest BCUT2D eigenvalue weighted by atomic mass is 9.98. The van der Waals surface area contributed by atoms with Crippen molar-refractivity contribution < 1.29 is 14.7 Å². The number of hydrogen-bond acceptors (Lipinski definition) is 3. The predicted molar refractivity (Wildman–Crippen MR) is 87.3 cm³/mol. The van der Waals surface area contributed by atoms with Gasteiger partial charge in [0.05, 0.1) is 11.4 Å². The first kappa shape index (κ1) is 15.1. The second kappa shape index (κ2) is 5.79. The van der Waals surface area contributed by atoms with Gasteiger partial charge < -0.3 is 20.2 Å². The Bertz CT molecular complexity index is 614. The highest BCUT2D eigenvalue weighted by atomic mass is 79.9. The number of carboxylic acid groups (broad SMARTS) is 1. The van der Waals surface area contributed by atoms with E-state index >= 15 is 0 Å². The molecule has 2 aliphatic rings. The van der Waals surface area contributed by atoms with Crippen LogP contribution in [0.3, 0.4) is 0 Å². The number of amides is 2. The molecule has 3 rings (SSSR count). The molecule has 2 N–H and O–H groups in total. The van der Waals surface area contributed by atoms with Gasteiger partial charge in [0.25, 0.3) is 0 Å². The van der Waals surface area contributed by atoms with Gasteiger partial charge in [-0.15, -0.1) is 0 Å². The maximum Gasteiger partial charge on any atom is 0.407 e. The summed E-state index contributed by atoms with van der Waals surface area (Å²) in [5.41, 5.74) is 1.81. The van der Waals surface area contributed by atoms with Crippen LogP contribution < -0.4 is 10.2 Å². The van der Waals surface area contributed by atoms with Gasteiger partial charge in [-0.05, 0) is 38.0 Å². The number of benzene rings is 1. The van der Waals surface area contributed by atoms with Crippen molar-refractivity contribution in [3.63, 3.8) is 0 Å². The van der Waals surface area contributed by atoms with Crippen LogP contribution in [-0.4, -0.2) is 47.2 Å². The molecule has 1 atom stereocenters. The Labute approximate surface area is 137 Å². The minimum absolute atomic E-state index is 0.0181. The van der Waals surface area contributed by atoms with Crippen molar-refractivity contribution in [2.75, 3.05) is 23.3 Å². The van der Waals surface area contributed by atoms with Crippen LogP contribution in [0.2, 0.25) is 0 Å². The lowest BCUT2D eigenvalue weighted by Crippen LogP contribution is -2.54. The van der Waals surface area contributed by atoms with Crippen LogP contribution in [0.15, 0.2) is 22.7 Å². The number of fused-ring (bicyclic) bond motifs is 1. The lowest BCUT2D eigenvalue weighted by molar-refractivity contribution is -0.117. The molecule has 22 heavy (non-hydrogen) atoms. The number of halogens is 1. The Morgan fingerprint density at radius 1 is 1.36 bits per heavy atom. The highest BCUT2D eigenvalue weighted by molar-refractivity contribution is 9.10. The Hall–Kier alpha value is -1.76. The average Bonchev–Trinajstić information content (AvgIpc) is 2.49. The molecule has 2 heterocycles. The van der Waals surface area contributed by atoms with Gasteiger partial charge in [-0.2, -0.15) is 0 Å². The first-order valence-corrected chi connectivity index (χ1v) is 8.13. The lowest BCUT2D eigenvalue weighted by Gasteiger charge is -2.44. The minimum atomic E-state index is -0.869. The van der Waals surface area contributed by atoms with E-state index in [1.807, 2.05) is 25.1 Å². The summed E-state index contributed by atoms with van der Waals surface area (Å²) in [4.78, 5) is 26.8. The molecule has 0 unspecified atom stereocenters. The third-order valence-electron chi connectivity index (χ3n) is 4.42. The fraction of sp³-hybridized carbons (Fsp3) is 0.467. The molecule has 0 aromatic heterocycles. The van der Waals surface area contributed by atoms with Crippen LogP contribution in [0, 0.1) is 0 Å². The van der Waals surface area contributed by atoms with Gasteiger partial charge >= 0.3 is 6.09 Å². The zero-order valence-corrected chi connectivity index (χ0v) is 13.8. The quantitative estimate of drug-likeness (QED) is 0.800. The number of carbonyl (C=O) groups is 2. The largest absolute Gasteiger partial charge is 0.465 e. The highest BCUT2D eigenvalue weighted by Gasteiger charge is 2.36. The van der Waals surface area contributed by atoms with Crippen LogP contribution in [0.1, 0.15) is 19.8 Å². The number of piperidine rings is 1. The van der Waals surface area contributed by atoms with Crippen LogP contribution in [-0.2, 0) is 4.79 Å². The fourth-order valence-electron chi connectivity index (χ4n) is 3.24. The molecule has 2 aliphatic heterocycles. The molecule has 1 aromatic rings. The molecule has 6 nitrogen and oxygen atoms in total. The molecule has 0 aliphatic carbocycles. The molecule has 1 aromatic carbocycles. The Morgan fingerprint density at radius 3 is 2.68 bits per heavy atom.